The van der Waals surface area contributed by atoms with E-state index in [1.165, 1.54) is 22.6 Å². The van der Waals surface area contributed by atoms with E-state index in [2.05, 4.69) is 0 Å². The molecule has 7 nitrogen and oxygen atoms in total. The Morgan fingerprint density at radius 1 is 1.21 bits per heavy atom. The molecule has 0 saturated carbocycles. The third kappa shape index (κ3) is 3.76. The number of hydrogen-bond acceptors (Lipinski definition) is 5. The van der Waals surface area contributed by atoms with Gasteiger partial charge in [-0.1, -0.05) is 29.3 Å². The van der Waals surface area contributed by atoms with Gasteiger partial charge in [-0.15, -0.1) is 0 Å². The predicted molar refractivity (Wildman–Crippen MR) is 107 cm³/mol. The summed E-state index contributed by atoms with van der Waals surface area (Å²) in [6.45, 7) is 1.74. The van der Waals surface area contributed by atoms with Crippen molar-refractivity contribution in [2.45, 2.75) is 24.8 Å². The van der Waals surface area contributed by atoms with Gasteiger partial charge in [-0.2, -0.15) is 0 Å². The highest BCUT2D eigenvalue weighted by atomic mass is 35.5. The minimum Gasteiger partial charge on any atom is -0.503 e. The van der Waals surface area contributed by atoms with Crippen LogP contribution in [0.1, 0.15) is 29.0 Å². The summed E-state index contributed by atoms with van der Waals surface area (Å²) in [6, 6.07) is 5.35. The van der Waals surface area contributed by atoms with Gasteiger partial charge in [0.1, 0.15) is 0 Å². The van der Waals surface area contributed by atoms with Crippen molar-refractivity contribution < 1.29 is 18.3 Å². The van der Waals surface area contributed by atoms with E-state index in [-0.39, 0.29) is 18.8 Å². The molecule has 2 atom stereocenters. The molecule has 3 rings (SSSR count). The monoisotopic (exact) mass is 444 g/mol. The number of aromatic nitrogens is 1. The summed E-state index contributed by atoms with van der Waals surface area (Å²) < 4.78 is 25.7. The molecule has 1 aliphatic heterocycles. The molecule has 2 aromatic rings. The van der Waals surface area contributed by atoms with Crippen LogP contribution in [0.2, 0.25) is 10.0 Å². The van der Waals surface area contributed by atoms with Gasteiger partial charge in [-0.25, -0.2) is 8.42 Å². The average Bonchev–Trinajstić information content (AvgIpc) is 2.61. The molecule has 0 radical (unpaired) electrons. The van der Waals surface area contributed by atoms with Gasteiger partial charge >= 0.3 is 0 Å². The Labute approximate surface area is 172 Å². The van der Waals surface area contributed by atoms with Crippen molar-refractivity contribution in [2.75, 3.05) is 12.8 Å². The third-order valence-corrected chi connectivity index (χ3v) is 7.34. The average molecular weight is 445 g/mol. The van der Waals surface area contributed by atoms with E-state index < -0.39 is 38.2 Å². The number of rotatable bonds is 4. The fourth-order valence-corrected chi connectivity index (χ4v) is 4.34. The van der Waals surface area contributed by atoms with E-state index in [9.17, 15) is 23.1 Å². The first kappa shape index (κ1) is 20.7. The molecule has 1 aliphatic rings. The molecule has 1 N–H and O–H groups in total. The van der Waals surface area contributed by atoms with E-state index in [4.69, 9.17) is 23.2 Å². The smallest absolute Gasteiger partial charge is 0.274 e. The van der Waals surface area contributed by atoms with Crippen LogP contribution in [0.4, 0.5) is 0 Å². The zero-order chi connectivity index (χ0) is 20.8. The summed E-state index contributed by atoms with van der Waals surface area (Å²) in [7, 11) is -3.45. The van der Waals surface area contributed by atoms with Crippen LogP contribution in [-0.4, -0.2) is 46.9 Å². The van der Waals surface area contributed by atoms with Gasteiger partial charge < -0.3 is 14.6 Å². The number of carbonyl (C=O) groups excluding carboxylic acids is 1. The van der Waals surface area contributed by atoms with Crippen LogP contribution >= 0.6 is 23.2 Å². The first-order valence-corrected chi connectivity index (χ1v) is 11.1. The largest absolute Gasteiger partial charge is 0.503 e. The SMILES string of the molecule is CC(C1CN(Cc2ccc(Cl)c(Cl)c2)C(=O)c2c(O)c(=O)ccn21)S(C)(=O)=O. The lowest BCUT2D eigenvalue weighted by atomic mass is 10.1. The molecule has 28 heavy (non-hydrogen) atoms. The molecule has 2 unspecified atom stereocenters. The molecule has 0 spiro atoms. The van der Waals surface area contributed by atoms with Crippen LogP contribution in [0.5, 0.6) is 5.75 Å². The van der Waals surface area contributed by atoms with Crippen molar-refractivity contribution in [3.63, 3.8) is 0 Å². The number of halogens is 2. The van der Waals surface area contributed by atoms with E-state index in [1.807, 2.05) is 0 Å². The highest BCUT2D eigenvalue weighted by molar-refractivity contribution is 7.91. The first-order chi connectivity index (χ1) is 13.0. The Morgan fingerprint density at radius 3 is 2.50 bits per heavy atom. The quantitative estimate of drug-likeness (QED) is 0.780. The molecule has 10 heteroatoms. The highest BCUT2D eigenvalue weighted by Crippen LogP contribution is 2.31. The maximum Gasteiger partial charge on any atom is 0.274 e. The number of fused-ring (bicyclic) bond motifs is 1. The summed E-state index contributed by atoms with van der Waals surface area (Å²) in [4.78, 5) is 26.2. The predicted octanol–water partition coefficient (Wildman–Crippen LogP) is 2.49. The van der Waals surface area contributed by atoms with Crippen molar-refractivity contribution in [1.29, 1.82) is 0 Å². The summed E-state index contributed by atoms with van der Waals surface area (Å²) in [5.41, 5.74) is -0.249. The van der Waals surface area contributed by atoms with Crippen LogP contribution in [0.15, 0.2) is 35.3 Å². The molecule has 0 fully saturated rings. The number of nitrogens with zero attached hydrogens (tertiary/aromatic N) is 2. The Morgan fingerprint density at radius 2 is 1.89 bits per heavy atom. The Hall–Kier alpha value is -2.03. The standard InChI is InChI=1S/C18H18Cl2N2O5S/c1-10(28(2,26)27)14-9-21(8-11-3-4-12(19)13(20)7-11)18(25)16-17(24)15(23)5-6-22(14)16/h3-7,10,14,24H,8-9H2,1-2H3. The molecular formula is C18H18Cl2N2O5S. The van der Waals surface area contributed by atoms with Crippen LogP contribution in [0, 0.1) is 0 Å². The van der Waals surface area contributed by atoms with Gasteiger partial charge in [0, 0.05) is 31.6 Å². The molecular weight excluding hydrogens is 427 g/mol. The Kier molecular flexibility index (Phi) is 5.49. The maximum absolute atomic E-state index is 13.0. The van der Waals surface area contributed by atoms with Crippen LogP contribution < -0.4 is 5.43 Å². The number of amides is 1. The van der Waals surface area contributed by atoms with Gasteiger partial charge in [0.2, 0.25) is 5.43 Å². The second-order valence-corrected chi connectivity index (χ2v) is 10.0. The molecule has 0 saturated heterocycles. The normalized spacial score (nSPS) is 18.1. The topological polar surface area (TPSA) is 96.7 Å². The minimum atomic E-state index is -3.45. The van der Waals surface area contributed by atoms with Crippen LogP contribution in [-0.2, 0) is 16.4 Å². The summed E-state index contributed by atoms with van der Waals surface area (Å²) in [5.74, 6) is -1.27. The van der Waals surface area contributed by atoms with Gasteiger partial charge in [-0.3, -0.25) is 9.59 Å². The molecule has 2 heterocycles. The number of aromatic hydroxyl groups is 1. The Balaban J connectivity index is 2.08. The number of sulfone groups is 1. The molecule has 1 aromatic carbocycles. The first-order valence-electron chi connectivity index (χ1n) is 8.37. The van der Waals surface area contributed by atoms with Crippen LogP contribution in [0.25, 0.3) is 0 Å². The van der Waals surface area contributed by atoms with Crippen molar-refractivity contribution >= 4 is 38.9 Å². The highest BCUT2D eigenvalue weighted by Gasteiger charge is 2.38. The van der Waals surface area contributed by atoms with Gasteiger partial charge in [0.05, 0.1) is 21.3 Å². The lowest BCUT2D eigenvalue weighted by molar-refractivity contribution is 0.0643. The van der Waals surface area contributed by atoms with Crippen molar-refractivity contribution in [2.24, 2.45) is 0 Å². The molecule has 0 bridgehead atoms. The third-order valence-electron chi connectivity index (χ3n) is 4.93. The maximum atomic E-state index is 13.0. The number of hydrogen-bond donors (Lipinski definition) is 1. The van der Waals surface area contributed by atoms with E-state index in [0.29, 0.717) is 15.6 Å². The summed E-state index contributed by atoms with van der Waals surface area (Å²) in [6.07, 6.45) is 2.46. The van der Waals surface area contributed by atoms with Crippen molar-refractivity contribution in [3.05, 3.63) is 62.0 Å². The fraction of sp³-hybridized carbons (Fsp3) is 0.333. The molecule has 1 amide bonds. The molecule has 150 valence electrons. The second-order valence-electron chi connectivity index (χ2n) is 6.82. The fourth-order valence-electron chi connectivity index (χ4n) is 3.23. The van der Waals surface area contributed by atoms with Crippen molar-refractivity contribution in [3.8, 4) is 5.75 Å². The van der Waals surface area contributed by atoms with Crippen LogP contribution in [0.3, 0.4) is 0 Å². The summed E-state index contributed by atoms with van der Waals surface area (Å²) in [5, 5.41) is 10.1. The van der Waals surface area contributed by atoms with Gasteiger partial charge in [0.25, 0.3) is 5.91 Å². The molecule has 1 aromatic heterocycles. The number of benzene rings is 1. The lowest BCUT2D eigenvalue weighted by Gasteiger charge is -2.38. The zero-order valence-corrected chi connectivity index (χ0v) is 17.4. The Bertz CT molecular complexity index is 1110. The minimum absolute atomic E-state index is 0.0859. The van der Waals surface area contributed by atoms with Gasteiger partial charge in [-0.05, 0) is 24.6 Å². The van der Waals surface area contributed by atoms with Gasteiger partial charge in [0.15, 0.2) is 21.3 Å². The van der Waals surface area contributed by atoms with E-state index >= 15 is 0 Å². The number of pyridine rings is 1. The van der Waals surface area contributed by atoms with Crippen molar-refractivity contribution in [1.82, 2.24) is 9.47 Å². The van der Waals surface area contributed by atoms with E-state index in [0.717, 1.165) is 12.3 Å². The lowest BCUT2D eigenvalue weighted by Crippen LogP contribution is -2.48. The molecule has 0 aliphatic carbocycles. The number of carbonyl (C=O) groups is 1. The zero-order valence-electron chi connectivity index (χ0n) is 15.1. The second kappa shape index (κ2) is 7.42. The summed E-state index contributed by atoms with van der Waals surface area (Å²) >= 11 is 12.0. The van der Waals surface area contributed by atoms with E-state index in [1.54, 1.807) is 18.2 Å².